The molecule has 0 unspecified atom stereocenters. The molecule has 2 heterocycles. The molecule has 33 heavy (non-hydrogen) atoms. The molecule has 8 nitrogen and oxygen atoms in total. The van der Waals surface area contributed by atoms with Crippen LogP contribution in [0.1, 0.15) is 15.9 Å². The SMILES string of the molecule is O=C(Nc1ccc2c(c1)S(=O)(=O)N(c1ccc(C(F)(F)F)cc1)CCO2)c1ccc(=O)[nH]c1. The van der Waals surface area contributed by atoms with Gasteiger partial charge in [0.05, 0.1) is 23.4 Å². The number of H-pyrrole nitrogens is 1. The van der Waals surface area contributed by atoms with Crippen LogP contribution in [-0.2, 0) is 16.2 Å². The van der Waals surface area contributed by atoms with Gasteiger partial charge in [0.2, 0.25) is 5.56 Å². The quantitative estimate of drug-likeness (QED) is 0.600. The number of halogens is 3. The summed E-state index contributed by atoms with van der Waals surface area (Å²) in [7, 11) is -4.22. The summed E-state index contributed by atoms with van der Waals surface area (Å²) in [5.74, 6) is -0.538. The summed E-state index contributed by atoms with van der Waals surface area (Å²) in [4.78, 5) is 25.7. The van der Waals surface area contributed by atoms with Crippen molar-refractivity contribution in [3.8, 4) is 5.75 Å². The zero-order valence-corrected chi connectivity index (χ0v) is 17.5. The Bertz CT molecular complexity index is 1350. The highest BCUT2D eigenvalue weighted by molar-refractivity contribution is 7.93. The van der Waals surface area contributed by atoms with Gasteiger partial charge in [-0.05, 0) is 48.5 Å². The number of nitrogens with zero attached hydrogens (tertiary/aromatic N) is 1. The van der Waals surface area contributed by atoms with Gasteiger partial charge in [-0.25, -0.2) is 8.42 Å². The monoisotopic (exact) mass is 479 g/mol. The number of alkyl halides is 3. The van der Waals surface area contributed by atoms with Crippen LogP contribution in [-0.4, -0.2) is 32.5 Å². The fraction of sp³-hybridized carbons (Fsp3) is 0.143. The highest BCUT2D eigenvalue weighted by Crippen LogP contribution is 2.36. The summed E-state index contributed by atoms with van der Waals surface area (Å²) in [5.41, 5.74) is -0.950. The minimum absolute atomic E-state index is 0.0314. The number of anilines is 2. The number of hydrogen-bond donors (Lipinski definition) is 2. The third kappa shape index (κ3) is 4.55. The summed E-state index contributed by atoms with van der Waals surface area (Å²) < 4.78 is 71.7. The molecule has 2 aromatic carbocycles. The van der Waals surface area contributed by atoms with Gasteiger partial charge in [0, 0.05) is 18.0 Å². The molecule has 12 heteroatoms. The van der Waals surface area contributed by atoms with Gasteiger partial charge in [0.15, 0.2) is 0 Å². The molecule has 3 aromatic rings. The fourth-order valence-electron chi connectivity index (χ4n) is 3.22. The van der Waals surface area contributed by atoms with E-state index in [-0.39, 0.29) is 46.3 Å². The lowest BCUT2D eigenvalue weighted by atomic mass is 10.2. The van der Waals surface area contributed by atoms with Crippen LogP contribution in [0.4, 0.5) is 24.5 Å². The number of aromatic amines is 1. The number of sulfonamides is 1. The first-order valence-corrected chi connectivity index (χ1v) is 11.0. The van der Waals surface area contributed by atoms with Crippen molar-refractivity contribution < 1.29 is 31.1 Å². The van der Waals surface area contributed by atoms with Crippen molar-refractivity contribution in [2.75, 3.05) is 22.8 Å². The number of hydrogen-bond acceptors (Lipinski definition) is 5. The molecule has 0 radical (unpaired) electrons. The Hall–Kier alpha value is -3.80. The Balaban J connectivity index is 1.66. The van der Waals surface area contributed by atoms with E-state index in [0.717, 1.165) is 28.6 Å². The van der Waals surface area contributed by atoms with E-state index in [0.29, 0.717) is 0 Å². The normalized spacial score (nSPS) is 15.2. The predicted octanol–water partition coefficient (Wildman–Crippen LogP) is 3.23. The van der Waals surface area contributed by atoms with E-state index in [1.165, 1.54) is 36.5 Å². The number of rotatable bonds is 3. The van der Waals surface area contributed by atoms with Gasteiger partial charge in [-0.2, -0.15) is 13.2 Å². The number of ether oxygens (including phenoxy) is 1. The lowest BCUT2D eigenvalue weighted by Gasteiger charge is -2.22. The molecule has 0 fully saturated rings. The van der Waals surface area contributed by atoms with Crippen molar-refractivity contribution >= 4 is 27.3 Å². The number of carbonyl (C=O) groups is 1. The first-order valence-electron chi connectivity index (χ1n) is 9.53. The Morgan fingerprint density at radius 3 is 2.42 bits per heavy atom. The Labute approximate surface area is 185 Å². The number of carbonyl (C=O) groups excluding carboxylic acids is 1. The average molecular weight is 479 g/mol. The van der Waals surface area contributed by atoms with Crippen molar-refractivity contribution in [3.63, 3.8) is 0 Å². The maximum Gasteiger partial charge on any atom is 0.416 e. The van der Waals surface area contributed by atoms with Gasteiger partial charge in [-0.15, -0.1) is 0 Å². The number of nitrogens with one attached hydrogen (secondary N) is 2. The van der Waals surface area contributed by atoms with Gasteiger partial charge < -0.3 is 15.0 Å². The second-order valence-corrected chi connectivity index (χ2v) is 8.86. The van der Waals surface area contributed by atoms with Crippen molar-refractivity contribution in [2.24, 2.45) is 0 Å². The highest BCUT2D eigenvalue weighted by atomic mass is 32.2. The van der Waals surface area contributed by atoms with Gasteiger partial charge in [0.1, 0.15) is 17.3 Å². The minimum Gasteiger partial charge on any atom is -0.490 e. The number of benzene rings is 2. The van der Waals surface area contributed by atoms with Crippen LogP contribution in [0, 0.1) is 0 Å². The van der Waals surface area contributed by atoms with Crippen LogP contribution in [0.2, 0.25) is 0 Å². The number of amides is 1. The summed E-state index contributed by atoms with van der Waals surface area (Å²) in [5, 5.41) is 2.54. The third-order valence-electron chi connectivity index (χ3n) is 4.85. The fourth-order valence-corrected chi connectivity index (χ4v) is 4.83. The zero-order chi connectivity index (χ0) is 23.8. The van der Waals surface area contributed by atoms with E-state index in [9.17, 15) is 31.2 Å². The molecule has 172 valence electrons. The Morgan fingerprint density at radius 2 is 1.79 bits per heavy atom. The van der Waals surface area contributed by atoms with Gasteiger partial charge in [0.25, 0.3) is 15.9 Å². The van der Waals surface area contributed by atoms with E-state index < -0.39 is 27.7 Å². The molecule has 1 aliphatic heterocycles. The molecule has 1 aliphatic rings. The van der Waals surface area contributed by atoms with E-state index in [2.05, 4.69) is 10.3 Å². The second-order valence-electron chi connectivity index (χ2n) is 7.03. The van der Waals surface area contributed by atoms with Crippen molar-refractivity contribution in [2.45, 2.75) is 11.1 Å². The van der Waals surface area contributed by atoms with Crippen molar-refractivity contribution in [1.82, 2.24) is 4.98 Å². The molecule has 0 saturated carbocycles. The van der Waals surface area contributed by atoms with Crippen LogP contribution in [0.3, 0.4) is 0 Å². The molecule has 0 atom stereocenters. The first kappa shape index (κ1) is 22.4. The molecular formula is C21H16F3N3O5S. The molecule has 0 bridgehead atoms. The molecule has 0 saturated heterocycles. The van der Waals surface area contributed by atoms with E-state index in [1.54, 1.807) is 0 Å². The molecule has 0 spiro atoms. The van der Waals surface area contributed by atoms with Crippen molar-refractivity contribution in [1.29, 1.82) is 0 Å². The van der Waals surface area contributed by atoms with E-state index >= 15 is 0 Å². The summed E-state index contributed by atoms with van der Waals surface area (Å²) in [6.45, 7) is -0.155. The second kappa shape index (κ2) is 8.28. The molecule has 1 amide bonds. The van der Waals surface area contributed by atoms with Crippen molar-refractivity contribution in [3.05, 3.63) is 82.3 Å². The average Bonchev–Trinajstić information content (AvgIpc) is 2.89. The molecule has 1 aromatic heterocycles. The van der Waals surface area contributed by atoms with E-state index in [1.807, 2.05) is 0 Å². The lowest BCUT2D eigenvalue weighted by Crippen LogP contribution is -2.32. The van der Waals surface area contributed by atoms with Gasteiger partial charge in [-0.1, -0.05) is 0 Å². The number of pyridine rings is 1. The Morgan fingerprint density at radius 1 is 1.06 bits per heavy atom. The summed E-state index contributed by atoms with van der Waals surface area (Å²) >= 11 is 0. The molecular weight excluding hydrogens is 463 g/mol. The minimum atomic E-state index is -4.55. The highest BCUT2D eigenvalue weighted by Gasteiger charge is 2.33. The van der Waals surface area contributed by atoms with Crippen LogP contribution >= 0.6 is 0 Å². The number of aromatic nitrogens is 1. The van der Waals surface area contributed by atoms with Gasteiger partial charge in [-0.3, -0.25) is 13.9 Å². The van der Waals surface area contributed by atoms with Crippen LogP contribution in [0.15, 0.2) is 70.5 Å². The number of fused-ring (bicyclic) bond motifs is 1. The molecule has 2 N–H and O–H groups in total. The first-order chi connectivity index (χ1) is 15.6. The van der Waals surface area contributed by atoms with Crippen LogP contribution in [0.25, 0.3) is 0 Å². The van der Waals surface area contributed by atoms with Crippen LogP contribution in [0.5, 0.6) is 5.75 Å². The molecule has 4 rings (SSSR count). The van der Waals surface area contributed by atoms with E-state index in [4.69, 9.17) is 4.74 Å². The Kier molecular flexibility index (Phi) is 5.62. The zero-order valence-electron chi connectivity index (χ0n) is 16.7. The topological polar surface area (TPSA) is 109 Å². The third-order valence-corrected chi connectivity index (χ3v) is 6.70. The standard InChI is InChI=1S/C21H16F3N3O5S/c22-21(23,24)14-2-5-16(6-3-14)27-9-10-32-17-7-4-15(11-18(17)33(27,30)31)26-20(29)13-1-8-19(28)25-12-13/h1-8,11-12H,9-10H2,(H,25,28)(H,26,29). The summed E-state index contributed by atoms with van der Waals surface area (Å²) in [6, 6.07) is 10.3. The largest absolute Gasteiger partial charge is 0.490 e. The predicted molar refractivity (Wildman–Crippen MR) is 113 cm³/mol. The smallest absolute Gasteiger partial charge is 0.416 e. The molecule has 0 aliphatic carbocycles. The lowest BCUT2D eigenvalue weighted by molar-refractivity contribution is -0.137. The maximum absolute atomic E-state index is 13.3. The summed E-state index contributed by atoms with van der Waals surface area (Å²) in [6.07, 6.45) is -3.34. The maximum atomic E-state index is 13.3. The van der Waals surface area contributed by atoms with Gasteiger partial charge >= 0.3 is 6.18 Å². The van der Waals surface area contributed by atoms with Crippen LogP contribution < -0.4 is 19.9 Å².